The van der Waals surface area contributed by atoms with Gasteiger partial charge in [0.1, 0.15) is 0 Å². The van der Waals surface area contributed by atoms with E-state index in [-0.39, 0.29) is 18.2 Å². The van der Waals surface area contributed by atoms with E-state index in [4.69, 9.17) is 33.4 Å². The molecule has 0 aromatic rings. The minimum atomic E-state index is -1.08. The normalized spacial score (nSPS) is 7.82. The lowest BCUT2D eigenvalue weighted by atomic mass is 10.3. The van der Waals surface area contributed by atoms with Crippen LogP contribution in [0.15, 0.2) is 0 Å². The van der Waals surface area contributed by atoms with Crippen molar-refractivity contribution in [2.75, 3.05) is 5.34 Å². The molecule has 0 radical (unpaired) electrons. The molecule has 0 unspecified atom stereocenters. The lowest BCUT2D eigenvalue weighted by Crippen LogP contribution is -2.00. The Hall–Kier alpha value is -0.480. The van der Waals surface area contributed by atoms with E-state index >= 15 is 0 Å². The second-order valence-electron chi connectivity index (χ2n) is 1.39. The van der Waals surface area contributed by atoms with Crippen LogP contribution in [-0.2, 0) is 9.59 Å². The fraction of sp³-hybridized carbons (Fsp3) is 0.600. The van der Waals surface area contributed by atoms with E-state index in [0.29, 0.717) is 0 Å². The standard InChI is InChI=1S/C4H6O4.CH2Cl2/c5-3(6)1-2-4(7)8;2-1-3/h1-2H2,(H,5,6)(H,7,8);1H2. The molecule has 4 nitrogen and oxygen atoms in total. The van der Waals surface area contributed by atoms with Crippen molar-refractivity contribution in [1.82, 2.24) is 0 Å². The van der Waals surface area contributed by atoms with Gasteiger partial charge < -0.3 is 10.2 Å². The second-order valence-corrected chi connectivity index (χ2v) is 2.20. The van der Waals surface area contributed by atoms with E-state index in [1.807, 2.05) is 0 Å². The minimum absolute atomic E-state index is 0.194. The van der Waals surface area contributed by atoms with Crippen molar-refractivity contribution in [1.29, 1.82) is 0 Å². The van der Waals surface area contributed by atoms with Crippen LogP contribution >= 0.6 is 23.2 Å². The molecule has 2 N–H and O–H groups in total. The first-order valence-electron chi connectivity index (χ1n) is 2.60. The van der Waals surface area contributed by atoms with E-state index in [9.17, 15) is 9.59 Å². The molecule has 0 saturated carbocycles. The van der Waals surface area contributed by atoms with Crippen molar-refractivity contribution < 1.29 is 19.8 Å². The summed E-state index contributed by atoms with van der Waals surface area (Å²) in [5.74, 6) is -2.15. The third-order valence-corrected chi connectivity index (χ3v) is 0.553. The van der Waals surface area contributed by atoms with Crippen LogP contribution in [-0.4, -0.2) is 27.5 Å². The molecular weight excluding hydrogens is 195 g/mol. The smallest absolute Gasteiger partial charge is 0.303 e. The molecular formula is C5H8Cl2O4. The highest BCUT2D eigenvalue weighted by Crippen LogP contribution is 1.86. The Labute approximate surface area is 73.7 Å². The maximum atomic E-state index is 9.64. The molecule has 0 aliphatic heterocycles. The zero-order chi connectivity index (χ0) is 9.28. The lowest BCUT2D eigenvalue weighted by Gasteiger charge is -1.85. The predicted molar refractivity (Wildman–Crippen MR) is 41.1 cm³/mol. The van der Waals surface area contributed by atoms with E-state index in [0.717, 1.165) is 0 Å². The van der Waals surface area contributed by atoms with Crippen molar-refractivity contribution in [2.24, 2.45) is 0 Å². The lowest BCUT2D eigenvalue weighted by molar-refractivity contribution is -0.143. The third kappa shape index (κ3) is 26.4. The number of carboxylic acids is 2. The Morgan fingerprint density at radius 1 is 1.00 bits per heavy atom. The predicted octanol–water partition coefficient (Wildman–Crippen LogP) is 1.36. The fourth-order valence-corrected chi connectivity index (χ4v) is 0.214. The quantitative estimate of drug-likeness (QED) is 0.679. The van der Waals surface area contributed by atoms with Gasteiger partial charge in [0.05, 0.1) is 18.2 Å². The SMILES string of the molecule is ClCCl.O=C(O)CCC(=O)O. The summed E-state index contributed by atoms with van der Waals surface area (Å²) in [4.78, 5) is 19.3. The fourth-order valence-electron chi connectivity index (χ4n) is 0.214. The summed E-state index contributed by atoms with van der Waals surface area (Å²) < 4.78 is 0. The van der Waals surface area contributed by atoms with Crippen LogP contribution in [0.5, 0.6) is 0 Å². The molecule has 0 bridgehead atoms. The maximum absolute atomic E-state index is 9.64. The Balaban J connectivity index is 0. The van der Waals surface area contributed by atoms with E-state index in [1.54, 1.807) is 0 Å². The van der Waals surface area contributed by atoms with E-state index < -0.39 is 11.9 Å². The zero-order valence-corrected chi connectivity index (χ0v) is 7.10. The summed E-state index contributed by atoms with van der Waals surface area (Å²) in [7, 11) is 0. The first kappa shape index (κ1) is 13.1. The van der Waals surface area contributed by atoms with Crippen molar-refractivity contribution in [3.8, 4) is 0 Å². The van der Waals surface area contributed by atoms with Crippen LogP contribution in [0.2, 0.25) is 0 Å². The molecule has 0 spiro atoms. The molecule has 0 aliphatic rings. The van der Waals surface area contributed by atoms with E-state index in [2.05, 4.69) is 0 Å². The molecule has 0 atom stereocenters. The van der Waals surface area contributed by atoms with Gasteiger partial charge in [-0.3, -0.25) is 9.59 Å². The molecule has 0 aliphatic carbocycles. The van der Waals surface area contributed by atoms with Crippen molar-refractivity contribution >= 4 is 35.1 Å². The van der Waals surface area contributed by atoms with Gasteiger partial charge in [0.25, 0.3) is 0 Å². The minimum Gasteiger partial charge on any atom is -0.481 e. The third-order valence-electron chi connectivity index (χ3n) is 0.553. The summed E-state index contributed by atoms with van der Waals surface area (Å²) in [5, 5.41) is 16.0. The van der Waals surface area contributed by atoms with Crippen LogP contribution in [0, 0.1) is 0 Å². The number of halogens is 2. The molecule has 6 heteroatoms. The summed E-state index contributed by atoms with van der Waals surface area (Å²) in [5.41, 5.74) is 0. The van der Waals surface area contributed by atoms with Crippen molar-refractivity contribution in [3.05, 3.63) is 0 Å². The molecule has 0 heterocycles. The molecule has 0 rings (SSSR count). The van der Waals surface area contributed by atoms with Crippen LogP contribution in [0.3, 0.4) is 0 Å². The largest absolute Gasteiger partial charge is 0.481 e. The van der Waals surface area contributed by atoms with E-state index in [1.165, 1.54) is 0 Å². The molecule has 11 heavy (non-hydrogen) atoms. The van der Waals surface area contributed by atoms with Gasteiger partial charge in [-0.05, 0) is 0 Å². The van der Waals surface area contributed by atoms with Gasteiger partial charge in [0.2, 0.25) is 0 Å². The molecule has 0 aromatic heterocycles. The molecule has 0 fully saturated rings. The Bertz CT molecular complexity index is 112. The topological polar surface area (TPSA) is 74.6 Å². The highest BCUT2D eigenvalue weighted by atomic mass is 35.5. The van der Waals surface area contributed by atoms with Crippen LogP contribution < -0.4 is 0 Å². The number of hydrogen-bond acceptors (Lipinski definition) is 2. The van der Waals surface area contributed by atoms with Gasteiger partial charge in [-0.2, -0.15) is 0 Å². The van der Waals surface area contributed by atoms with Crippen LogP contribution in [0.25, 0.3) is 0 Å². The zero-order valence-electron chi connectivity index (χ0n) is 5.59. The molecule has 0 amide bonds. The van der Waals surface area contributed by atoms with Gasteiger partial charge in [0.15, 0.2) is 0 Å². The number of carbonyl (C=O) groups is 2. The summed E-state index contributed by atoms with van der Waals surface area (Å²) in [6.45, 7) is 0. The van der Waals surface area contributed by atoms with Crippen molar-refractivity contribution in [2.45, 2.75) is 12.8 Å². The Morgan fingerprint density at radius 2 is 1.18 bits per heavy atom. The number of rotatable bonds is 3. The van der Waals surface area contributed by atoms with Crippen LogP contribution in [0.1, 0.15) is 12.8 Å². The van der Waals surface area contributed by atoms with Crippen LogP contribution in [0.4, 0.5) is 0 Å². The first-order chi connectivity index (χ1) is 5.04. The highest BCUT2D eigenvalue weighted by Gasteiger charge is 2.00. The number of alkyl halides is 2. The molecule has 66 valence electrons. The maximum Gasteiger partial charge on any atom is 0.303 e. The molecule has 0 saturated heterocycles. The Morgan fingerprint density at radius 3 is 1.27 bits per heavy atom. The second kappa shape index (κ2) is 9.52. The van der Waals surface area contributed by atoms with Gasteiger partial charge in [-0.25, -0.2) is 0 Å². The van der Waals surface area contributed by atoms with Gasteiger partial charge in [-0.1, -0.05) is 0 Å². The van der Waals surface area contributed by atoms with Gasteiger partial charge in [-0.15, -0.1) is 23.2 Å². The highest BCUT2D eigenvalue weighted by molar-refractivity contribution is 6.40. The monoisotopic (exact) mass is 202 g/mol. The van der Waals surface area contributed by atoms with Gasteiger partial charge in [0, 0.05) is 0 Å². The summed E-state index contributed by atoms with van der Waals surface area (Å²) in [6.07, 6.45) is -0.593. The van der Waals surface area contributed by atoms with Crippen molar-refractivity contribution in [3.63, 3.8) is 0 Å². The Kier molecular flexibility index (Phi) is 11.4. The average molecular weight is 203 g/mol. The average Bonchev–Trinajstić information content (AvgIpc) is 1.85. The first-order valence-corrected chi connectivity index (χ1v) is 3.67. The summed E-state index contributed by atoms with van der Waals surface area (Å²) in [6, 6.07) is 0. The number of aliphatic carboxylic acids is 2. The van der Waals surface area contributed by atoms with Gasteiger partial charge >= 0.3 is 11.9 Å². The molecule has 0 aromatic carbocycles. The number of carboxylic acid groups (broad SMARTS) is 2. The number of hydrogen-bond donors (Lipinski definition) is 2. The summed E-state index contributed by atoms with van der Waals surface area (Å²) >= 11 is 9.53.